The molecule has 0 amide bonds. The topological polar surface area (TPSA) is 0 Å². The molecule has 50 valence electrons. The zero-order chi connectivity index (χ0) is 6.78. The van der Waals surface area contributed by atoms with Gasteiger partial charge in [0.05, 0.1) is 12.5 Å². The predicted octanol–water partition coefficient (Wildman–Crippen LogP) is 4.52. The van der Waals surface area contributed by atoms with Gasteiger partial charge < -0.3 is 0 Å². The lowest BCUT2D eigenvalue weighted by molar-refractivity contribution is 2.26. The zero-order valence-electron chi connectivity index (χ0n) is 3.52. The second-order valence-electron chi connectivity index (χ2n) is 1.01. The van der Waals surface area contributed by atoms with Crippen molar-refractivity contribution < 1.29 is 0 Å². The fraction of sp³-hybridized carbons (Fsp3) is 1.00. The highest BCUT2D eigenvalue weighted by atomic mass is 35.9. The van der Waals surface area contributed by atoms with Crippen LogP contribution in [0.2, 0.25) is 0 Å². The quantitative estimate of drug-likeness (QED) is 0.649. The van der Waals surface area contributed by atoms with E-state index < -0.39 is 11.4 Å². The molecule has 0 aliphatic carbocycles. The number of hydrogen-bond acceptors (Lipinski definition) is 1. The molecule has 0 N–H and O–H groups in total. The minimum atomic E-state index is -2.18. The van der Waals surface area contributed by atoms with E-state index in [2.05, 4.69) is 11.8 Å². The number of halogens is 4. The molecule has 0 saturated heterocycles. The lowest BCUT2D eigenvalue weighted by Gasteiger charge is -2.02. The van der Waals surface area contributed by atoms with Gasteiger partial charge in [-0.3, -0.25) is 0 Å². The van der Waals surface area contributed by atoms with Gasteiger partial charge in [-0.05, 0) is 0 Å². The number of hydrogen-bond donors (Lipinski definition) is 0. The van der Waals surface area contributed by atoms with Gasteiger partial charge in [0.1, 0.15) is 4.74 Å². The van der Waals surface area contributed by atoms with Crippen LogP contribution < -0.4 is 0 Å². The van der Waals surface area contributed by atoms with Crippen LogP contribution in [0.3, 0.4) is 0 Å². The van der Waals surface area contributed by atoms with Crippen LogP contribution in [0.15, 0.2) is 0 Å². The van der Waals surface area contributed by atoms with Crippen LogP contribution >= 0.6 is 56.3 Å². The molecule has 0 nitrogen and oxygen atoms in total. The fourth-order valence-electron chi connectivity index (χ4n) is 0.124. The Bertz CT molecular complexity index is 107. The average Bonchev–Trinajstić information content (AvgIpc) is 1.21. The Morgan fingerprint density at radius 3 is 1.75 bits per heavy atom. The van der Waals surface area contributed by atoms with E-state index in [0.29, 0.717) is 5.90 Å². The predicted molar refractivity (Wildman–Crippen MR) is 49.5 cm³/mol. The van der Waals surface area contributed by atoms with Crippen LogP contribution in [-0.4, -0.2) is 5.90 Å². The third-order valence-corrected chi connectivity index (χ3v) is 7.33. The summed E-state index contributed by atoms with van der Waals surface area (Å²) in [7, 11) is 0. The summed E-state index contributed by atoms with van der Waals surface area (Å²) in [5.41, 5.74) is 0. The maximum absolute atomic E-state index is 5.47. The standard InChI is InChI=1S/CH2Cl4P2S/c2-6(3)1-7(4,5)8/h1H2. The van der Waals surface area contributed by atoms with Crippen molar-refractivity contribution in [1.82, 2.24) is 0 Å². The molecule has 0 aromatic heterocycles. The van der Waals surface area contributed by atoms with E-state index in [4.69, 9.17) is 45.0 Å². The molecule has 0 aromatic rings. The van der Waals surface area contributed by atoms with Gasteiger partial charge >= 0.3 is 0 Å². The van der Waals surface area contributed by atoms with Crippen molar-refractivity contribution in [3.8, 4) is 0 Å². The Hall–Kier alpha value is 2.24. The van der Waals surface area contributed by atoms with Gasteiger partial charge in [0.25, 0.3) is 0 Å². The van der Waals surface area contributed by atoms with E-state index in [-0.39, 0.29) is 0 Å². The first kappa shape index (κ1) is 10.2. The normalized spacial score (nSPS) is 12.6. The van der Waals surface area contributed by atoms with Crippen molar-refractivity contribution in [2.45, 2.75) is 0 Å². The van der Waals surface area contributed by atoms with Crippen LogP contribution in [0.5, 0.6) is 0 Å². The number of rotatable bonds is 2. The highest BCUT2D eigenvalue weighted by molar-refractivity contribution is 8.42. The molecule has 0 aliphatic heterocycles. The molecule has 0 spiro atoms. The third-order valence-electron chi connectivity index (χ3n) is 0.272. The lowest BCUT2D eigenvalue weighted by Crippen LogP contribution is -1.61. The van der Waals surface area contributed by atoms with E-state index in [1.54, 1.807) is 0 Å². The molecule has 0 aliphatic rings. The molecular formula is CH2Cl4P2S. The Balaban J connectivity index is 3.56. The highest BCUT2D eigenvalue weighted by Crippen LogP contribution is 2.68. The monoisotopic (exact) mass is 248 g/mol. The largest absolute Gasteiger partial charge is 0.126 e. The molecule has 8 heavy (non-hydrogen) atoms. The summed E-state index contributed by atoms with van der Waals surface area (Å²) in [6.45, 7) is -1.06. The van der Waals surface area contributed by atoms with Crippen LogP contribution in [0.1, 0.15) is 0 Å². The molecule has 0 aromatic carbocycles. The maximum Gasteiger partial charge on any atom is 0.126 e. The van der Waals surface area contributed by atoms with Crippen LogP contribution in [0.4, 0.5) is 0 Å². The smallest absolute Gasteiger partial charge is 0.0776 e. The summed E-state index contributed by atoms with van der Waals surface area (Å²) >= 11 is 26.4. The van der Waals surface area contributed by atoms with Crippen molar-refractivity contribution >= 4 is 68.1 Å². The molecule has 0 heterocycles. The summed E-state index contributed by atoms with van der Waals surface area (Å²) < 4.78 is -2.18. The van der Waals surface area contributed by atoms with Crippen LogP contribution in [-0.2, 0) is 11.8 Å². The molecule has 0 rings (SSSR count). The van der Waals surface area contributed by atoms with Gasteiger partial charge in [0, 0.05) is 0 Å². The van der Waals surface area contributed by atoms with Crippen molar-refractivity contribution in [3.05, 3.63) is 0 Å². The van der Waals surface area contributed by atoms with Gasteiger partial charge in [-0.15, -0.1) is 0 Å². The third kappa shape index (κ3) is 8.24. The zero-order valence-corrected chi connectivity index (χ0v) is 9.15. The van der Waals surface area contributed by atoms with E-state index in [1.165, 1.54) is 0 Å². The first-order valence-electron chi connectivity index (χ1n) is 1.49. The first-order chi connectivity index (χ1) is 3.42. The summed E-state index contributed by atoms with van der Waals surface area (Å²) in [6.07, 6.45) is 0. The van der Waals surface area contributed by atoms with E-state index in [9.17, 15) is 0 Å². The summed E-state index contributed by atoms with van der Waals surface area (Å²) in [4.78, 5) is 0. The van der Waals surface area contributed by atoms with E-state index in [1.807, 2.05) is 0 Å². The molecule has 0 radical (unpaired) electrons. The Morgan fingerprint density at radius 1 is 1.38 bits per heavy atom. The van der Waals surface area contributed by atoms with Gasteiger partial charge in [-0.1, -0.05) is 56.8 Å². The van der Waals surface area contributed by atoms with Crippen molar-refractivity contribution in [2.24, 2.45) is 0 Å². The molecule has 0 fully saturated rings. The summed E-state index contributed by atoms with van der Waals surface area (Å²) in [6, 6.07) is 0. The molecular weight excluding hydrogens is 248 g/mol. The first-order valence-corrected chi connectivity index (χ1v) is 9.63. The van der Waals surface area contributed by atoms with Crippen molar-refractivity contribution in [3.63, 3.8) is 0 Å². The lowest BCUT2D eigenvalue weighted by atomic mass is 11.9. The molecule has 0 saturated carbocycles. The maximum atomic E-state index is 5.47. The van der Waals surface area contributed by atoms with Gasteiger partial charge in [0.2, 0.25) is 0 Å². The second kappa shape index (κ2) is 4.19. The Kier molecular flexibility index (Phi) is 5.36. The fourth-order valence-corrected chi connectivity index (χ4v) is 10.1. The van der Waals surface area contributed by atoms with Crippen molar-refractivity contribution in [1.29, 1.82) is 0 Å². The van der Waals surface area contributed by atoms with Crippen LogP contribution in [0, 0.1) is 0 Å². The second-order valence-corrected chi connectivity index (χ2v) is 13.9. The Morgan fingerprint density at radius 2 is 1.75 bits per heavy atom. The van der Waals surface area contributed by atoms with Gasteiger partial charge in [-0.2, -0.15) is 0 Å². The summed E-state index contributed by atoms with van der Waals surface area (Å²) in [5, 5.41) is 0. The Labute approximate surface area is 73.7 Å². The molecule has 7 heteroatoms. The van der Waals surface area contributed by atoms with Gasteiger partial charge in [-0.25, -0.2) is 0 Å². The summed E-state index contributed by atoms with van der Waals surface area (Å²) in [5.74, 6) is 0.379. The minimum absolute atomic E-state index is 0.379. The average molecular weight is 250 g/mol. The SMILES string of the molecule is S=P(Cl)(Cl)CP(Cl)Cl. The molecule has 0 unspecified atom stereocenters. The molecule has 0 bridgehead atoms. The van der Waals surface area contributed by atoms with Gasteiger partial charge in [0.15, 0.2) is 0 Å². The van der Waals surface area contributed by atoms with E-state index >= 15 is 0 Å². The minimum Gasteiger partial charge on any atom is -0.0776 e. The molecule has 0 atom stereocenters. The van der Waals surface area contributed by atoms with Crippen molar-refractivity contribution in [2.75, 3.05) is 5.90 Å². The van der Waals surface area contributed by atoms with Crippen LogP contribution in [0.25, 0.3) is 0 Å². The highest BCUT2D eigenvalue weighted by Gasteiger charge is 2.12. The van der Waals surface area contributed by atoms with E-state index in [0.717, 1.165) is 0 Å².